The standard InChI is InChI=1S/C26H30ClFN6O4/c1-15-13-33(25(36)38-26(2,3)4)9-10-34(15)24(35)32-20-11-16-19(12-21(20)37-5)29-14-30-23(16)31-18-8-6-7-17(27)22(18)28/h6-8,11-12,14-15H,9-10,13H2,1-5H3,(H,32,35)(H,29,30,31)/t15-/m1/s1. The number of fused-ring (bicyclic) bond motifs is 1. The second-order valence-corrected chi connectivity index (χ2v) is 10.3. The number of piperazine rings is 1. The molecule has 1 fully saturated rings. The third-order valence-electron chi connectivity index (χ3n) is 5.94. The van der Waals surface area contributed by atoms with Crippen molar-refractivity contribution in [2.45, 2.75) is 39.3 Å². The van der Waals surface area contributed by atoms with E-state index in [2.05, 4.69) is 20.6 Å². The molecular weight excluding hydrogens is 515 g/mol. The van der Waals surface area contributed by atoms with Crippen molar-refractivity contribution in [3.05, 3.63) is 47.5 Å². The zero-order valence-corrected chi connectivity index (χ0v) is 22.6. The molecule has 3 aromatic rings. The van der Waals surface area contributed by atoms with E-state index >= 15 is 0 Å². The normalized spacial score (nSPS) is 15.8. The number of urea groups is 1. The fourth-order valence-corrected chi connectivity index (χ4v) is 4.29. The third kappa shape index (κ3) is 5.99. The molecule has 2 aromatic carbocycles. The SMILES string of the molecule is COc1cc2ncnc(Nc3cccc(Cl)c3F)c2cc1NC(=O)N1CCN(C(=O)OC(C)(C)C)C[C@H]1C. The van der Waals surface area contributed by atoms with Crippen molar-refractivity contribution >= 4 is 51.8 Å². The minimum atomic E-state index is -0.609. The molecule has 1 atom stereocenters. The van der Waals surface area contributed by atoms with Crippen molar-refractivity contribution in [2.75, 3.05) is 37.4 Å². The van der Waals surface area contributed by atoms with E-state index < -0.39 is 17.5 Å². The van der Waals surface area contributed by atoms with Gasteiger partial charge in [0.05, 0.1) is 29.0 Å². The van der Waals surface area contributed by atoms with Crippen LogP contribution in [0.15, 0.2) is 36.7 Å². The van der Waals surface area contributed by atoms with Crippen molar-refractivity contribution in [1.82, 2.24) is 19.8 Å². The first-order valence-electron chi connectivity index (χ1n) is 12.1. The van der Waals surface area contributed by atoms with Gasteiger partial charge in [0, 0.05) is 37.1 Å². The molecule has 0 unspecified atom stereocenters. The molecule has 3 amide bonds. The van der Waals surface area contributed by atoms with Crippen molar-refractivity contribution in [2.24, 2.45) is 0 Å². The van der Waals surface area contributed by atoms with Crippen LogP contribution in [0.5, 0.6) is 5.75 Å². The molecule has 0 spiro atoms. The summed E-state index contributed by atoms with van der Waals surface area (Å²) in [5.74, 6) is 0.112. The van der Waals surface area contributed by atoms with Crippen LogP contribution >= 0.6 is 11.6 Å². The summed E-state index contributed by atoms with van der Waals surface area (Å²) in [6.45, 7) is 8.31. The zero-order chi connectivity index (χ0) is 27.6. The fourth-order valence-electron chi connectivity index (χ4n) is 4.12. The highest BCUT2D eigenvalue weighted by Gasteiger charge is 2.32. The molecule has 2 heterocycles. The molecule has 202 valence electrons. The maximum absolute atomic E-state index is 14.5. The number of hydrogen-bond donors (Lipinski definition) is 2. The van der Waals surface area contributed by atoms with Crippen LogP contribution in [-0.2, 0) is 4.74 Å². The maximum Gasteiger partial charge on any atom is 0.410 e. The molecule has 0 radical (unpaired) electrons. The maximum atomic E-state index is 14.5. The number of ether oxygens (including phenoxy) is 2. The number of rotatable bonds is 4. The smallest absolute Gasteiger partial charge is 0.410 e. The van der Waals surface area contributed by atoms with Crippen molar-refractivity contribution < 1.29 is 23.5 Å². The monoisotopic (exact) mass is 544 g/mol. The molecule has 1 saturated heterocycles. The molecule has 0 saturated carbocycles. The van der Waals surface area contributed by atoms with Gasteiger partial charge in [0.15, 0.2) is 5.82 Å². The summed E-state index contributed by atoms with van der Waals surface area (Å²) in [5.41, 5.74) is 0.461. The molecule has 38 heavy (non-hydrogen) atoms. The largest absolute Gasteiger partial charge is 0.494 e. The predicted molar refractivity (Wildman–Crippen MR) is 144 cm³/mol. The van der Waals surface area contributed by atoms with E-state index in [1.807, 2.05) is 27.7 Å². The van der Waals surface area contributed by atoms with Gasteiger partial charge < -0.3 is 29.9 Å². The van der Waals surface area contributed by atoms with Gasteiger partial charge in [0.2, 0.25) is 0 Å². The van der Waals surface area contributed by atoms with Gasteiger partial charge in [-0.05, 0) is 45.9 Å². The van der Waals surface area contributed by atoms with Gasteiger partial charge >= 0.3 is 12.1 Å². The first-order valence-corrected chi connectivity index (χ1v) is 12.4. The van der Waals surface area contributed by atoms with Gasteiger partial charge in [0.1, 0.15) is 23.5 Å². The van der Waals surface area contributed by atoms with E-state index in [0.717, 1.165) is 0 Å². The summed E-state index contributed by atoms with van der Waals surface area (Å²) in [6.07, 6.45) is 0.938. The molecule has 2 N–H and O–H groups in total. The van der Waals surface area contributed by atoms with Gasteiger partial charge in [-0.15, -0.1) is 0 Å². The number of hydrogen-bond acceptors (Lipinski definition) is 7. The summed E-state index contributed by atoms with van der Waals surface area (Å²) >= 11 is 5.92. The van der Waals surface area contributed by atoms with Gasteiger partial charge in [-0.1, -0.05) is 17.7 Å². The van der Waals surface area contributed by atoms with Gasteiger partial charge in [-0.3, -0.25) is 0 Å². The highest BCUT2D eigenvalue weighted by atomic mass is 35.5. The summed E-state index contributed by atoms with van der Waals surface area (Å²) in [7, 11) is 1.49. The zero-order valence-electron chi connectivity index (χ0n) is 21.8. The molecule has 0 aliphatic carbocycles. The minimum Gasteiger partial charge on any atom is -0.494 e. The number of anilines is 3. The van der Waals surface area contributed by atoms with Crippen molar-refractivity contribution in [1.29, 1.82) is 0 Å². The Bertz CT molecular complexity index is 1370. The fraction of sp³-hybridized carbons (Fsp3) is 0.385. The molecule has 12 heteroatoms. The Morgan fingerprint density at radius 2 is 1.92 bits per heavy atom. The number of carbonyl (C=O) groups is 2. The lowest BCUT2D eigenvalue weighted by molar-refractivity contribution is 0.0112. The van der Waals surface area contributed by atoms with Gasteiger partial charge in [-0.25, -0.2) is 23.9 Å². The summed E-state index contributed by atoms with van der Waals surface area (Å²) in [4.78, 5) is 37.5. The molecular formula is C26H30ClFN6O4. The van der Waals surface area contributed by atoms with Crippen LogP contribution in [0.1, 0.15) is 27.7 Å². The quantitative estimate of drug-likeness (QED) is 0.437. The second-order valence-electron chi connectivity index (χ2n) is 9.92. The Morgan fingerprint density at radius 3 is 2.61 bits per heavy atom. The Labute approximate surface area is 225 Å². The van der Waals surface area contributed by atoms with E-state index in [-0.39, 0.29) is 22.8 Å². The van der Waals surface area contributed by atoms with E-state index in [9.17, 15) is 14.0 Å². The number of nitrogens with one attached hydrogen (secondary N) is 2. The first kappa shape index (κ1) is 27.2. The Kier molecular flexibility index (Phi) is 7.77. The Hall–Kier alpha value is -3.86. The summed E-state index contributed by atoms with van der Waals surface area (Å²) in [6, 6.07) is 7.33. The number of nitrogens with zero attached hydrogens (tertiary/aromatic N) is 4. The van der Waals surface area contributed by atoms with Crippen LogP contribution in [-0.4, -0.2) is 70.3 Å². The molecule has 1 aliphatic heterocycles. The third-order valence-corrected chi connectivity index (χ3v) is 6.23. The van der Waals surface area contributed by atoms with Gasteiger partial charge in [0.25, 0.3) is 0 Å². The first-order chi connectivity index (χ1) is 18.0. The van der Waals surface area contributed by atoms with E-state index in [4.69, 9.17) is 21.1 Å². The number of methoxy groups -OCH3 is 1. The molecule has 4 rings (SSSR count). The lowest BCUT2D eigenvalue weighted by atomic mass is 10.1. The number of amides is 3. The molecule has 1 aromatic heterocycles. The van der Waals surface area contributed by atoms with Crippen LogP contribution in [0.3, 0.4) is 0 Å². The summed E-state index contributed by atoms with van der Waals surface area (Å²) in [5, 5.41) is 6.36. The van der Waals surface area contributed by atoms with E-state index in [0.29, 0.717) is 47.8 Å². The van der Waals surface area contributed by atoms with Crippen LogP contribution in [0.2, 0.25) is 5.02 Å². The van der Waals surface area contributed by atoms with E-state index in [1.165, 1.54) is 19.5 Å². The van der Waals surface area contributed by atoms with Gasteiger partial charge in [-0.2, -0.15) is 0 Å². The number of aromatic nitrogens is 2. The Balaban J connectivity index is 1.55. The Morgan fingerprint density at radius 1 is 1.16 bits per heavy atom. The number of halogens is 2. The average Bonchev–Trinajstić information content (AvgIpc) is 2.85. The van der Waals surface area contributed by atoms with E-state index in [1.54, 1.807) is 34.1 Å². The number of benzene rings is 2. The van der Waals surface area contributed by atoms with Crippen molar-refractivity contribution in [3.8, 4) is 5.75 Å². The number of carbonyl (C=O) groups excluding carboxylic acids is 2. The molecule has 10 nitrogen and oxygen atoms in total. The second kappa shape index (κ2) is 10.9. The highest BCUT2D eigenvalue weighted by Crippen LogP contribution is 2.34. The average molecular weight is 545 g/mol. The molecule has 0 bridgehead atoms. The topological polar surface area (TPSA) is 109 Å². The summed E-state index contributed by atoms with van der Waals surface area (Å²) < 4.78 is 25.5. The van der Waals surface area contributed by atoms with Crippen LogP contribution in [0, 0.1) is 5.82 Å². The van der Waals surface area contributed by atoms with Crippen LogP contribution in [0.25, 0.3) is 10.9 Å². The minimum absolute atomic E-state index is 0.0242. The lowest BCUT2D eigenvalue weighted by Gasteiger charge is -2.40. The molecule has 1 aliphatic rings. The lowest BCUT2D eigenvalue weighted by Crippen LogP contribution is -2.57. The highest BCUT2D eigenvalue weighted by molar-refractivity contribution is 6.31. The van der Waals surface area contributed by atoms with Crippen molar-refractivity contribution in [3.63, 3.8) is 0 Å². The van der Waals surface area contributed by atoms with Crippen LogP contribution in [0.4, 0.5) is 31.2 Å². The predicted octanol–water partition coefficient (Wildman–Crippen LogP) is 5.65. The van der Waals surface area contributed by atoms with Crippen LogP contribution < -0.4 is 15.4 Å².